The van der Waals surface area contributed by atoms with Gasteiger partial charge in [0.2, 0.25) is 0 Å². The number of amides is 2. The van der Waals surface area contributed by atoms with Crippen LogP contribution in [0.3, 0.4) is 0 Å². The summed E-state index contributed by atoms with van der Waals surface area (Å²) in [6.07, 6.45) is 0. The van der Waals surface area contributed by atoms with Crippen molar-refractivity contribution >= 4 is 23.1 Å². The van der Waals surface area contributed by atoms with Gasteiger partial charge in [-0.15, -0.1) is 0 Å². The van der Waals surface area contributed by atoms with Crippen LogP contribution in [-0.4, -0.2) is 23.3 Å². The van der Waals surface area contributed by atoms with Gasteiger partial charge in [-0.2, -0.15) is 0 Å². The van der Waals surface area contributed by atoms with Crippen molar-refractivity contribution < 1.29 is 14.3 Å². The molecule has 5 heteroatoms. The van der Waals surface area contributed by atoms with Crippen LogP contribution in [-0.2, 0) is 16.1 Å². The standard InChI is InChI=1S/C29H30N2O3/c1-19(2)18-34-24-15-13-23(14-16-24)26-27(30-25-12-8-9-20(3)21(25)4)29(33)31(28(26)32)17-22-10-6-5-7-11-22/h5-16,19,30H,17-18H2,1-4H3. The van der Waals surface area contributed by atoms with Crippen LogP contribution in [0.4, 0.5) is 5.69 Å². The topological polar surface area (TPSA) is 58.6 Å². The highest BCUT2D eigenvalue weighted by Gasteiger charge is 2.39. The maximum Gasteiger partial charge on any atom is 0.278 e. The molecule has 174 valence electrons. The first-order valence-corrected chi connectivity index (χ1v) is 11.6. The lowest BCUT2D eigenvalue weighted by molar-refractivity contribution is -0.137. The normalized spacial score (nSPS) is 13.7. The number of carbonyl (C=O) groups excluding carboxylic acids is 2. The smallest absolute Gasteiger partial charge is 0.278 e. The molecule has 1 aliphatic rings. The van der Waals surface area contributed by atoms with Crippen LogP contribution in [0.5, 0.6) is 5.75 Å². The Morgan fingerprint density at radius 1 is 0.853 bits per heavy atom. The van der Waals surface area contributed by atoms with Gasteiger partial charge in [-0.05, 0) is 60.2 Å². The molecule has 2 amide bonds. The first kappa shape index (κ1) is 23.3. The molecule has 1 heterocycles. The lowest BCUT2D eigenvalue weighted by Crippen LogP contribution is -2.32. The summed E-state index contributed by atoms with van der Waals surface area (Å²) in [6, 6.07) is 22.8. The largest absolute Gasteiger partial charge is 0.493 e. The number of nitrogens with zero attached hydrogens (tertiary/aromatic N) is 1. The second-order valence-corrected chi connectivity index (χ2v) is 9.03. The van der Waals surface area contributed by atoms with Crippen molar-refractivity contribution in [3.05, 3.63) is 101 Å². The van der Waals surface area contributed by atoms with Gasteiger partial charge in [-0.25, -0.2) is 0 Å². The van der Waals surface area contributed by atoms with Crippen molar-refractivity contribution in [3.63, 3.8) is 0 Å². The van der Waals surface area contributed by atoms with E-state index >= 15 is 0 Å². The molecule has 0 saturated carbocycles. The summed E-state index contributed by atoms with van der Waals surface area (Å²) in [4.78, 5) is 28.4. The number of aryl methyl sites for hydroxylation is 1. The van der Waals surface area contributed by atoms with E-state index in [4.69, 9.17) is 4.74 Å². The molecule has 1 aliphatic heterocycles. The highest BCUT2D eigenvalue weighted by molar-refractivity contribution is 6.36. The Hall–Kier alpha value is -3.86. The Morgan fingerprint density at radius 2 is 1.56 bits per heavy atom. The van der Waals surface area contributed by atoms with Crippen LogP contribution in [0.25, 0.3) is 5.57 Å². The fourth-order valence-electron chi connectivity index (χ4n) is 3.87. The van der Waals surface area contributed by atoms with E-state index in [1.165, 1.54) is 4.90 Å². The second kappa shape index (κ2) is 9.96. The molecule has 0 aliphatic carbocycles. The van der Waals surface area contributed by atoms with E-state index in [9.17, 15) is 9.59 Å². The minimum Gasteiger partial charge on any atom is -0.493 e. The van der Waals surface area contributed by atoms with Gasteiger partial charge < -0.3 is 10.1 Å². The van der Waals surface area contributed by atoms with Crippen molar-refractivity contribution in [1.29, 1.82) is 0 Å². The summed E-state index contributed by atoms with van der Waals surface area (Å²) < 4.78 is 5.79. The van der Waals surface area contributed by atoms with Crippen molar-refractivity contribution in [2.45, 2.75) is 34.2 Å². The Balaban J connectivity index is 1.71. The Labute approximate surface area is 201 Å². The number of ether oxygens (including phenoxy) is 1. The van der Waals surface area contributed by atoms with E-state index in [-0.39, 0.29) is 18.4 Å². The average Bonchev–Trinajstić information content (AvgIpc) is 3.06. The summed E-state index contributed by atoms with van der Waals surface area (Å²) in [5.41, 5.74) is 5.20. The highest BCUT2D eigenvalue weighted by atomic mass is 16.5. The summed E-state index contributed by atoms with van der Waals surface area (Å²) >= 11 is 0. The summed E-state index contributed by atoms with van der Waals surface area (Å²) in [7, 11) is 0. The molecule has 0 fully saturated rings. The zero-order valence-corrected chi connectivity index (χ0v) is 20.1. The summed E-state index contributed by atoms with van der Waals surface area (Å²) in [5.74, 6) is 0.513. The molecule has 0 spiro atoms. The predicted octanol–water partition coefficient (Wildman–Crippen LogP) is 5.73. The number of anilines is 1. The molecule has 0 saturated heterocycles. The second-order valence-electron chi connectivity index (χ2n) is 9.03. The molecule has 1 N–H and O–H groups in total. The van der Waals surface area contributed by atoms with Gasteiger partial charge in [0.15, 0.2) is 0 Å². The van der Waals surface area contributed by atoms with Crippen molar-refractivity contribution in [2.24, 2.45) is 5.92 Å². The van der Waals surface area contributed by atoms with Gasteiger partial charge in [-0.1, -0.05) is 68.4 Å². The third kappa shape index (κ3) is 4.88. The molecular formula is C29H30N2O3. The van der Waals surface area contributed by atoms with E-state index in [0.717, 1.165) is 28.1 Å². The fourth-order valence-corrected chi connectivity index (χ4v) is 3.87. The lowest BCUT2D eigenvalue weighted by Gasteiger charge is -2.16. The van der Waals surface area contributed by atoms with Crippen molar-refractivity contribution in [1.82, 2.24) is 4.90 Å². The first-order valence-electron chi connectivity index (χ1n) is 11.6. The highest BCUT2D eigenvalue weighted by Crippen LogP contribution is 2.33. The van der Waals surface area contributed by atoms with E-state index in [1.54, 1.807) is 0 Å². The number of nitrogens with one attached hydrogen (secondary N) is 1. The minimum atomic E-state index is -0.329. The number of imide groups is 1. The Bertz CT molecular complexity index is 1230. The molecule has 3 aromatic carbocycles. The molecule has 34 heavy (non-hydrogen) atoms. The molecule has 0 radical (unpaired) electrons. The molecule has 0 aromatic heterocycles. The molecular weight excluding hydrogens is 424 g/mol. The predicted molar refractivity (Wildman–Crippen MR) is 135 cm³/mol. The molecule has 3 aromatic rings. The van der Waals surface area contributed by atoms with Crippen molar-refractivity contribution in [3.8, 4) is 5.75 Å². The van der Waals surface area contributed by atoms with E-state index in [1.807, 2.05) is 86.6 Å². The maximum absolute atomic E-state index is 13.5. The van der Waals surface area contributed by atoms with Crippen LogP contribution in [0, 0.1) is 19.8 Å². The SMILES string of the molecule is Cc1cccc(NC2=C(c3ccc(OCC(C)C)cc3)C(=O)N(Cc3ccccc3)C2=O)c1C. The number of hydrogen-bond donors (Lipinski definition) is 1. The first-order chi connectivity index (χ1) is 16.3. The number of benzene rings is 3. The van der Waals surface area contributed by atoms with Gasteiger partial charge >= 0.3 is 0 Å². The van der Waals surface area contributed by atoms with Gasteiger partial charge in [-0.3, -0.25) is 14.5 Å². The number of hydrogen-bond acceptors (Lipinski definition) is 4. The number of carbonyl (C=O) groups is 2. The van der Waals surface area contributed by atoms with Crippen molar-refractivity contribution in [2.75, 3.05) is 11.9 Å². The molecule has 0 unspecified atom stereocenters. The van der Waals surface area contributed by atoms with E-state index in [2.05, 4.69) is 19.2 Å². The van der Waals surface area contributed by atoms with Gasteiger partial charge in [0.25, 0.3) is 11.8 Å². The fraction of sp³-hybridized carbons (Fsp3) is 0.241. The third-order valence-corrected chi connectivity index (χ3v) is 5.94. The molecule has 0 bridgehead atoms. The Kier molecular flexibility index (Phi) is 6.82. The monoisotopic (exact) mass is 454 g/mol. The van der Waals surface area contributed by atoms with Crippen LogP contribution in [0.2, 0.25) is 0 Å². The maximum atomic E-state index is 13.5. The summed E-state index contributed by atoms with van der Waals surface area (Å²) in [6.45, 7) is 9.04. The quantitative estimate of drug-likeness (QED) is 0.442. The Morgan fingerprint density at radius 3 is 2.24 bits per heavy atom. The molecule has 4 rings (SSSR count). The van der Waals surface area contributed by atoms with Crippen LogP contribution in [0.1, 0.15) is 36.1 Å². The van der Waals surface area contributed by atoms with Crippen LogP contribution < -0.4 is 10.1 Å². The zero-order chi connectivity index (χ0) is 24.2. The average molecular weight is 455 g/mol. The molecule has 5 nitrogen and oxygen atoms in total. The van der Waals surface area contributed by atoms with E-state index < -0.39 is 0 Å². The van der Waals surface area contributed by atoms with Gasteiger partial charge in [0.05, 0.1) is 18.7 Å². The van der Waals surface area contributed by atoms with E-state index in [0.29, 0.717) is 29.4 Å². The van der Waals surface area contributed by atoms with Gasteiger partial charge in [0, 0.05) is 5.69 Å². The summed E-state index contributed by atoms with van der Waals surface area (Å²) in [5, 5.41) is 3.29. The lowest BCUT2D eigenvalue weighted by atomic mass is 10.0. The number of rotatable bonds is 8. The third-order valence-electron chi connectivity index (χ3n) is 5.94. The van der Waals surface area contributed by atoms with Crippen LogP contribution >= 0.6 is 0 Å². The van der Waals surface area contributed by atoms with Gasteiger partial charge in [0.1, 0.15) is 11.4 Å². The molecule has 0 atom stereocenters. The zero-order valence-electron chi connectivity index (χ0n) is 20.1. The van der Waals surface area contributed by atoms with Crippen LogP contribution in [0.15, 0.2) is 78.5 Å². The minimum absolute atomic E-state index is 0.218.